The molecule has 1 aromatic carbocycles. The maximum atomic E-state index is 13.4. The van der Waals surface area contributed by atoms with Gasteiger partial charge in [0.2, 0.25) is 11.5 Å². The van der Waals surface area contributed by atoms with Crippen molar-refractivity contribution in [2.75, 3.05) is 7.05 Å². The third kappa shape index (κ3) is 3.59. The molecule has 1 aromatic heterocycles. The Labute approximate surface area is 137 Å². The van der Waals surface area contributed by atoms with Crippen LogP contribution in [-0.4, -0.2) is 38.7 Å². The van der Waals surface area contributed by atoms with E-state index in [0.29, 0.717) is 0 Å². The zero-order valence-corrected chi connectivity index (χ0v) is 13.3. The van der Waals surface area contributed by atoms with Gasteiger partial charge in [0.1, 0.15) is 0 Å². The second-order valence-electron chi connectivity index (χ2n) is 5.63. The van der Waals surface area contributed by atoms with E-state index in [-0.39, 0.29) is 6.54 Å². The van der Waals surface area contributed by atoms with Gasteiger partial charge in [0, 0.05) is 33.0 Å². The zero-order valence-electron chi connectivity index (χ0n) is 13.3. The highest BCUT2D eigenvalue weighted by atomic mass is 19.4. The summed E-state index contributed by atoms with van der Waals surface area (Å²) in [6.45, 7) is 0.147. The Balaban J connectivity index is 2.21. The van der Waals surface area contributed by atoms with Crippen molar-refractivity contribution in [2.45, 2.75) is 24.7 Å². The lowest BCUT2D eigenvalue weighted by molar-refractivity contribution is -0.271. The molecule has 2 rings (SSSR count). The summed E-state index contributed by atoms with van der Waals surface area (Å²) in [5, 5.41) is 10.2. The van der Waals surface area contributed by atoms with Gasteiger partial charge in [-0.05, 0) is 5.56 Å². The van der Waals surface area contributed by atoms with Gasteiger partial charge in [-0.15, -0.1) is 0 Å². The molecular weight excluding hydrogens is 323 g/mol. The number of carbonyl (C=O) groups excluding carboxylic acids is 1. The SMILES string of the molecule is CN(Cc1ccccc1)C(=O)CC(O)(c1nccn1C)C(F)(F)F. The summed E-state index contributed by atoms with van der Waals surface area (Å²) in [6.07, 6.45) is -3.74. The lowest BCUT2D eigenvalue weighted by Gasteiger charge is -2.31. The number of aromatic nitrogens is 2. The minimum Gasteiger partial charge on any atom is -0.374 e. The predicted molar refractivity (Wildman–Crippen MR) is 80.7 cm³/mol. The number of rotatable bonds is 5. The molecule has 0 saturated heterocycles. The number of alkyl halides is 3. The molecule has 0 aliphatic rings. The number of carbonyl (C=O) groups is 1. The van der Waals surface area contributed by atoms with Crippen molar-refractivity contribution in [3.63, 3.8) is 0 Å². The van der Waals surface area contributed by atoms with Crippen LogP contribution in [-0.2, 0) is 24.0 Å². The number of aryl methyl sites for hydroxylation is 1. The lowest BCUT2D eigenvalue weighted by Crippen LogP contribution is -2.48. The van der Waals surface area contributed by atoms with Crippen LogP contribution >= 0.6 is 0 Å². The van der Waals surface area contributed by atoms with E-state index in [4.69, 9.17) is 0 Å². The highest BCUT2D eigenvalue weighted by Gasteiger charge is 2.58. The summed E-state index contributed by atoms with van der Waals surface area (Å²) in [7, 11) is 2.72. The highest BCUT2D eigenvalue weighted by Crippen LogP contribution is 2.41. The van der Waals surface area contributed by atoms with Gasteiger partial charge >= 0.3 is 6.18 Å². The average Bonchev–Trinajstić information content (AvgIpc) is 2.93. The predicted octanol–water partition coefficient (Wildman–Crippen LogP) is 2.22. The average molecular weight is 341 g/mol. The molecule has 24 heavy (non-hydrogen) atoms. The first-order valence-electron chi connectivity index (χ1n) is 7.20. The van der Waals surface area contributed by atoms with Crippen molar-refractivity contribution in [3.05, 3.63) is 54.1 Å². The summed E-state index contributed by atoms with van der Waals surface area (Å²) < 4.78 is 41.3. The standard InChI is InChI=1S/C16H18F3N3O2/c1-21-9-8-20-14(21)15(24,16(17,18)19)10-13(23)22(2)11-12-6-4-3-5-7-12/h3-9,24H,10-11H2,1-2H3. The van der Waals surface area contributed by atoms with E-state index >= 15 is 0 Å². The Bertz CT molecular complexity index is 700. The Morgan fingerprint density at radius 3 is 2.42 bits per heavy atom. The van der Waals surface area contributed by atoms with Crippen LogP contribution in [0.4, 0.5) is 13.2 Å². The first-order valence-corrected chi connectivity index (χ1v) is 7.20. The molecule has 0 aliphatic carbocycles. The molecule has 1 amide bonds. The third-order valence-corrected chi connectivity index (χ3v) is 3.76. The molecule has 1 unspecified atom stereocenters. The van der Waals surface area contributed by atoms with Crippen molar-refractivity contribution in [1.82, 2.24) is 14.5 Å². The van der Waals surface area contributed by atoms with Gasteiger partial charge in [0.25, 0.3) is 0 Å². The quantitative estimate of drug-likeness (QED) is 0.907. The molecule has 2 aromatic rings. The Kier molecular flexibility index (Phi) is 4.98. The third-order valence-electron chi connectivity index (χ3n) is 3.76. The van der Waals surface area contributed by atoms with Crippen LogP contribution in [0.3, 0.4) is 0 Å². The second-order valence-corrected chi connectivity index (χ2v) is 5.63. The smallest absolute Gasteiger partial charge is 0.374 e. The van der Waals surface area contributed by atoms with Crippen molar-refractivity contribution in [2.24, 2.45) is 7.05 Å². The number of imidazole rings is 1. The number of benzene rings is 1. The first-order chi connectivity index (χ1) is 11.1. The Morgan fingerprint density at radius 1 is 1.29 bits per heavy atom. The maximum absolute atomic E-state index is 13.4. The Morgan fingerprint density at radius 2 is 1.92 bits per heavy atom. The highest BCUT2D eigenvalue weighted by molar-refractivity contribution is 5.77. The van der Waals surface area contributed by atoms with Crippen LogP contribution in [0.5, 0.6) is 0 Å². The minimum atomic E-state index is -5.03. The van der Waals surface area contributed by atoms with Crippen LogP contribution in [0.1, 0.15) is 17.8 Å². The van der Waals surface area contributed by atoms with Crippen molar-refractivity contribution in [3.8, 4) is 0 Å². The maximum Gasteiger partial charge on any atom is 0.425 e. The fraction of sp³-hybridized carbons (Fsp3) is 0.375. The fourth-order valence-electron chi connectivity index (χ4n) is 2.37. The summed E-state index contributed by atoms with van der Waals surface area (Å²) in [4.78, 5) is 17.0. The van der Waals surface area contributed by atoms with Crippen LogP contribution in [0.15, 0.2) is 42.7 Å². The molecule has 0 bridgehead atoms. The van der Waals surface area contributed by atoms with Crippen molar-refractivity contribution < 1.29 is 23.1 Å². The van der Waals surface area contributed by atoms with Crippen LogP contribution in [0, 0.1) is 0 Å². The van der Waals surface area contributed by atoms with Gasteiger partial charge in [0.15, 0.2) is 5.82 Å². The topological polar surface area (TPSA) is 58.4 Å². The van der Waals surface area contributed by atoms with Crippen LogP contribution < -0.4 is 0 Å². The van der Waals surface area contributed by atoms with Crippen molar-refractivity contribution in [1.29, 1.82) is 0 Å². The Hall–Kier alpha value is -2.35. The van der Waals surface area contributed by atoms with E-state index in [1.54, 1.807) is 30.3 Å². The lowest BCUT2D eigenvalue weighted by atomic mass is 9.96. The minimum absolute atomic E-state index is 0.147. The largest absolute Gasteiger partial charge is 0.425 e. The van der Waals surface area contributed by atoms with E-state index < -0.39 is 29.9 Å². The molecule has 8 heteroatoms. The molecule has 0 fully saturated rings. The van der Waals surface area contributed by atoms with E-state index in [0.717, 1.165) is 21.2 Å². The fourth-order valence-corrected chi connectivity index (χ4v) is 2.37. The van der Waals surface area contributed by atoms with Gasteiger partial charge in [0.05, 0.1) is 6.42 Å². The molecule has 0 spiro atoms. The number of hydrogen-bond donors (Lipinski definition) is 1. The number of halogens is 3. The van der Waals surface area contributed by atoms with Gasteiger partial charge < -0.3 is 14.6 Å². The first kappa shape index (κ1) is 18.0. The normalized spacial score (nSPS) is 14.2. The van der Waals surface area contributed by atoms with Gasteiger partial charge in [-0.3, -0.25) is 4.79 Å². The number of amides is 1. The van der Waals surface area contributed by atoms with Gasteiger partial charge in [-0.2, -0.15) is 13.2 Å². The summed E-state index contributed by atoms with van der Waals surface area (Å²) in [5.74, 6) is -1.45. The molecule has 1 atom stereocenters. The molecule has 1 heterocycles. The molecular formula is C16H18F3N3O2. The second kappa shape index (κ2) is 6.64. The van der Waals surface area contributed by atoms with Gasteiger partial charge in [-0.25, -0.2) is 4.98 Å². The van der Waals surface area contributed by atoms with Crippen molar-refractivity contribution >= 4 is 5.91 Å². The molecule has 0 aliphatic heterocycles. The summed E-state index contributed by atoms with van der Waals surface area (Å²) >= 11 is 0. The summed E-state index contributed by atoms with van der Waals surface area (Å²) in [6, 6.07) is 8.87. The van der Waals surface area contributed by atoms with Crippen LogP contribution in [0.2, 0.25) is 0 Å². The molecule has 5 nitrogen and oxygen atoms in total. The molecule has 130 valence electrons. The molecule has 0 radical (unpaired) electrons. The summed E-state index contributed by atoms with van der Waals surface area (Å²) in [5.41, 5.74) is -2.56. The number of aliphatic hydroxyl groups is 1. The van der Waals surface area contributed by atoms with E-state index in [1.807, 2.05) is 0 Å². The van der Waals surface area contributed by atoms with Crippen LogP contribution in [0.25, 0.3) is 0 Å². The van der Waals surface area contributed by atoms with E-state index in [1.165, 1.54) is 20.3 Å². The van der Waals surface area contributed by atoms with E-state index in [9.17, 15) is 23.1 Å². The number of hydrogen-bond acceptors (Lipinski definition) is 3. The van der Waals surface area contributed by atoms with Gasteiger partial charge in [-0.1, -0.05) is 30.3 Å². The monoisotopic (exact) mass is 341 g/mol. The molecule has 1 N–H and O–H groups in total. The zero-order chi connectivity index (χ0) is 18.0. The molecule has 0 saturated carbocycles. The number of nitrogens with zero attached hydrogens (tertiary/aromatic N) is 3. The van der Waals surface area contributed by atoms with E-state index in [2.05, 4.69) is 4.98 Å².